The second-order valence-electron chi connectivity index (χ2n) is 12.6. The van der Waals surface area contributed by atoms with Crippen molar-refractivity contribution in [3.8, 4) is 17.0 Å². The van der Waals surface area contributed by atoms with Gasteiger partial charge in [0.05, 0.1) is 22.2 Å². The number of Topliss-reactive ketones (excluding diaryl/α,β-unsaturated/α-hetero) is 1. The van der Waals surface area contributed by atoms with Crippen molar-refractivity contribution in [1.29, 1.82) is 0 Å². The van der Waals surface area contributed by atoms with Gasteiger partial charge in [0.15, 0.2) is 23.4 Å². The lowest BCUT2D eigenvalue weighted by molar-refractivity contribution is -0.128. The summed E-state index contributed by atoms with van der Waals surface area (Å²) in [5.74, 6) is -2.43. The van der Waals surface area contributed by atoms with Gasteiger partial charge in [0.25, 0.3) is 0 Å². The SMILES string of the molecule is C=CC(=O)N1CCN(c2nc(=O)n3c4nc(c(F)cc24)-c2c(F)cccc2OCC(OCC)C(=O)C2=C3C(C)(C(C)C)NC=C2)[C@@H](C)C1. The average Bonchev–Trinajstić information content (AvgIpc) is 3.05. The summed E-state index contributed by atoms with van der Waals surface area (Å²) < 4.78 is 45.1. The van der Waals surface area contributed by atoms with Crippen molar-refractivity contribution in [2.75, 3.05) is 37.7 Å². The molecule has 13 heteroatoms. The largest absolute Gasteiger partial charge is 0.490 e. The Balaban J connectivity index is 1.73. The predicted molar refractivity (Wildman–Crippen MR) is 177 cm³/mol. The second kappa shape index (κ2) is 12.6. The van der Waals surface area contributed by atoms with E-state index in [0.29, 0.717) is 13.1 Å². The van der Waals surface area contributed by atoms with Gasteiger partial charge in [0, 0.05) is 37.9 Å². The van der Waals surface area contributed by atoms with Gasteiger partial charge in [0.2, 0.25) is 5.91 Å². The molecule has 1 fully saturated rings. The molecule has 1 saturated heterocycles. The normalized spacial score (nSPS) is 22.5. The Labute approximate surface area is 276 Å². The summed E-state index contributed by atoms with van der Waals surface area (Å²) in [5, 5.41) is 3.50. The first-order valence-electron chi connectivity index (χ1n) is 16.0. The molecule has 3 aliphatic heterocycles. The molecule has 6 rings (SSSR count). The molecule has 11 nitrogen and oxygen atoms in total. The Morgan fingerprint density at radius 2 is 2.00 bits per heavy atom. The summed E-state index contributed by atoms with van der Waals surface area (Å²) in [5.41, 5.74) is -2.03. The minimum atomic E-state index is -1.14. The Hall–Kier alpha value is -4.91. The van der Waals surface area contributed by atoms with Crippen LogP contribution in [0.2, 0.25) is 0 Å². The number of pyridine rings is 1. The zero-order chi connectivity index (χ0) is 34.5. The smallest absolute Gasteiger partial charge is 0.355 e. The fourth-order valence-electron chi connectivity index (χ4n) is 6.61. The van der Waals surface area contributed by atoms with Gasteiger partial charge in [0.1, 0.15) is 29.7 Å². The van der Waals surface area contributed by atoms with E-state index in [4.69, 9.17) is 9.47 Å². The van der Waals surface area contributed by atoms with Gasteiger partial charge < -0.3 is 24.6 Å². The first-order chi connectivity index (χ1) is 22.9. The molecule has 3 aromatic rings. The van der Waals surface area contributed by atoms with E-state index in [-0.39, 0.29) is 82.8 Å². The quantitative estimate of drug-likeness (QED) is 0.404. The summed E-state index contributed by atoms with van der Waals surface area (Å²) >= 11 is 0. The van der Waals surface area contributed by atoms with Gasteiger partial charge >= 0.3 is 5.69 Å². The first-order valence-corrected chi connectivity index (χ1v) is 16.0. The predicted octanol–water partition coefficient (Wildman–Crippen LogP) is 4.07. The molecule has 0 radical (unpaired) electrons. The van der Waals surface area contributed by atoms with Crippen LogP contribution in [0.15, 0.2) is 59.6 Å². The lowest BCUT2D eigenvalue weighted by atomic mass is 9.80. The monoisotopic (exact) mass is 660 g/mol. The summed E-state index contributed by atoms with van der Waals surface area (Å²) in [6.45, 7) is 13.7. The van der Waals surface area contributed by atoms with Crippen molar-refractivity contribution in [2.45, 2.75) is 52.3 Å². The number of ether oxygens (including phenoxy) is 2. The molecule has 252 valence electrons. The molecule has 3 atom stereocenters. The number of piperazine rings is 1. The molecule has 2 aromatic heterocycles. The zero-order valence-corrected chi connectivity index (χ0v) is 27.5. The number of carbonyl (C=O) groups excluding carboxylic acids is 2. The van der Waals surface area contributed by atoms with Gasteiger partial charge in [-0.15, -0.1) is 0 Å². The van der Waals surface area contributed by atoms with Crippen LogP contribution in [-0.4, -0.2) is 81.7 Å². The summed E-state index contributed by atoms with van der Waals surface area (Å²) in [7, 11) is 0. The lowest BCUT2D eigenvalue weighted by Crippen LogP contribution is -2.54. The number of halogens is 2. The van der Waals surface area contributed by atoms with Crippen LogP contribution < -0.4 is 20.6 Å². The van der Waals surface area contributed by atoms with Gasteiger partial charge in [-0.1, -0.05) is 26.5 Å². The average molecular weight is 661 g/mol. The number of carbonyl (C=O) groups is 2. The van der Waals surface area contributed by atoms with Crippen molar-refractivity contribution in [3.63, 3.8) is 0 Å². The molecule has 0 aliphatic carbocycles. The molecule has 2 unspecified atom stereocenters. The number of hydrogen-bond donors (Lipinski definition) is 1. The zero-order valence-electron chi connectivity index (χ0n) is 27.5. The Bertz CT molecular complexity index is 1960. The van der Waals surface area contributed by atoms with Gasteiger partial charge in [-0.3, -0.25) is 9.59 Å². The number of allylic oxidation sites excluding steroid dienone is 1. The van der Waals surface area contributed by atoms with Crippen molar-refractivity contribution in [1.82, 2.24) is 24.8 Å². The number of aromatic nitrogens is 3. The number of rotatable bonds is 5. The molecule has 1 aromatic carbocycles. The highest BCUT2D eigenvalue weighted by Gasteiger charge is 2.42. The van der Waals surface area contributed by atoms with Crippen molar-refractivity contribution in [3.05, 3.63) is 76.9 Å². The van der Waals surface area contributed by atoms with Crippen molar-refractivity contribution >= 4 is 34.2 Å². The molecular formula is C35H38F2N6O5. The van der Waals surface area contributed by atoms with E-state index in [1.165, 1.54) is 28.8 Å². The van der Waals surface area contributed by atoms with E-state index in [1.54, 1.807) is 24.1 Å². The van der Waals surface area contributed by atoms with Crippen LogP contribution in [0.5, 0.6) is 5.75 Å². The molecule has 2 bridgehead atoms. The number of hydrogen-bond acceptors (Lipinski definition) is 9. The standard InChI is InChI=1S/C35H38F2N6O5/c1-7-27(44)41-14-15-42(20(5)17-41)32-22-16-24(37)29-28-23(36)10-9-11-25(28)48-18-26(47-8-2)30(45)21-12-13-38-35(6,19(3)4)31(21)43(33(22)39-29)34(46)40-32/h7,9-13,16,19-20,26,38H,1,8,14-15,17-18H2,2-6H3/t20-,26?,35?/m0/s1. The third kappa shape index (κ3) is 5.35. The molecule has 0 saturated carbocycles. The van der Waals surface area contributed by atoms with Gasteiger partial charge in [-0.2, -0.15) is 4.98 Å². The molecule has 1 N–H and O–H groups in total. The molecule has 48 heavy (non-hydrogen) atoms. The van der Waals surface area contributed by atoms with Crippen LogP contribution in [0.3, 0.4) is 0 Å². The number of dihydropyridines is 1. The molecule has 0 spiro atoms. The van der Waals surface area contributed by atoms with Gasteiger partial charge in [-0.25, -0.2) is 23.1 Å². The number of benzene rings is 1. The molecular weight excluding hydrogens is 622 g/mol. The fraction of sp³-hybridized carbons (Fsp3) is 0.400. The number of anilines is 1. The van der Waals surface area contributed by atoms with Crippen molar-refractivity contribution < 1.29 is 27.8 Å². The minimum Gasteiger partial charge on any atom is -0.490 e. The lowest BCUT2D eigenvalue weighted by Gasteiger charge is -2.42. The third-order valence-corrected chi connectivity index (χ3v) is 9.47. The fourth-order valence-corrected chi connectivity index (χ4v) is 6.61. The van der Waals surface area contributed by atoms with E-state index in [0.717, 1.165) is 6.07 Å². The minimum absolute atomic E-state index is 0.0230. The molecule has 3 aliphatic rings. The number of fused-ring (bicyclic) bond motifs is 4. The van der Waals surface area contributed by atoms with Gasteiger partial charge in [-0.05, 0) is 63.2 Å². The first kappa shape index (κ1) is 33.0. The maximum absolute atomic E-state index is 16.4. The Morgan fingerprint density at radius 1 is 1.23 bits per heavy atom. The Morgan fingerprint density at radius 3 is 2.69 bits per heavy atom. The highest BCUT2D eigenvalue weighted by Crippen LogP contribution is 2.41. The summed E-state index contributed by atoms with van der Waals surface area (Å²) in [4.78, 5) is 53.9. The summed E-state index contributed by atoms with van der Waals surface area (Å²) in [6, 6.07) is 4.90. The topological polar surface area (TPSA) is 119 Å². The summed E-state index contributed by atoms with van der Waals surface area (Å²) in [6.07, 6.45) is 3.33. The van der Waals surface area contributed by atoms with Crippen LogP contribution in [-0.2, 0) is 14.3 Å². The number of nitrogens with zero attached hydrogens (tertiary/aromatic N) is 5. The highest BCUT2D eigenvalue weighted by molar-refractivity contribution is 6.08. The van der Waals surface area contributed by atoms with E-state index in [1.807, 2.05) is 32.6 Å². The molecule has 5 heterocycles. The number of amides is 1. The van der Waals surface area contributed by atoms with Crippen LogP contribution in [0.1, 0.15) is 34.6 Å². The molecule has 1 amide bonds. The Kier molecular flexibility index (Phi) is 8.67. The third-order valence-electron chi connectivity index (χ3n) is 9.47. The maximum atomic E-state index is 16.4. The van der Waals surface area contributed by atoms with E-state index >= 15 is 8.78 Å². The van der Waals surface area contributed by atoms with Crippen LogP contribution in [0.4, 0.5) is 14.6 Å². The van der Waals surface area contributed by atoms with Crippen LogP contribution in [0.25, 0.3) is 28.0 Å². The van der Waals surface area contributed by atoms with E-state index in [2.05, 4.69) is 21.9 Å². The highest BCUT2D eigenvalue weighted by atomic mass is 19.1. The number of nitrogens with one attached hydrogen (secondary N) is 1. The number of ketones is 1. The van der Waals surface area contributed by atoms with E-state index < -0.39 is 34.8 Å². The maximum Gasteiger partial charge on any atom is 0.355 e. The second-order valence-corrected chi connectivity index (χ2v) is 12.6. The van der Waals surface area contributed by atoms with Crippen LogP contribution in [0, 0.1) is 17.6 Å². The van der Waals surface area contributed by atoms with E-state index in [9.17, 15) is 14.4 Å². The van der Waals surface area contributed by atoms with Crippen LogP contribution >= 0.6 is 0 Å². The van der Waals surface area contributed by atoms with Crippen molar-refractivity contribution in [2.24, 2.45) is 5.92 Å².